The molecular formula is C24H20F5N3O3. The van der Waals surface area contributed by atoms with Crippen molar-refractivity contribution in [3.05, 3.63) is 59.8 Å². The van der Waals surface area contributed by atoms with E-state index < -0.39 is 24.1 Å². The summed E-state index contributed by atoms with van der Waals surface area (Å²) in [5.74, 6) is -0.785. The van der Waals surface area contributed by atoms with Gasteiger partial charge in [0.2, 0.25) is 0 Å². The van der Waals surface area contributed by atoms with Crippen molar-refractivity contribution in [1.82, 2.24) is 10.3 Å². The van der Waals surface area contributed by atoms with Gasteiger partial charge in [0.25, 0.3) is 5.91 Å². The molecule has 5 rings (SSSR count). The summed E-state index contributed by atoms with van der Waals surface area (Å²) in [6.07, 6.45) is -5.88. The van der Waals surface area contributed by atoms with E-state index >= 15 is 0 Å². The first-order valence-electron chi connectivity index (χ1n) is 11.0. The molecule has 1 fully saturated rings. The quantitative estimate of drug-likeness (QED) is 0.455. The molecule has 1 amide bonds. The maximum absolute atomic E-state index is 13.3. The molecule has 2 aromatic carbocycles. The van der Waals surface area contributed by atoms with Gasteiger partial charge in [-0.3, -0.25) is 4.79 Å². The Morgan fingerprint density at radius 3 is 2.37 bits per heavy atom. The Bertz CT molecular complexity index is 1270. The average molecular weight is 493 g/mol. The van der Waals surface area contributed by atoms with Gasteiger partial charge in [0.1, 0.15) is 5.69 Å². The van der Waals surface area contributed by atoms with Crippen LogP contribution in [-0.4, -0.2) is 29.3 Å². The number of nitrogens with zero attached hydrogens (tertiary/aromatic N) is 1. The van der Waals surface area contributed by atoms with Gasteiger partial charge in [-0.25, -0.2) is 4.98 Å². The summed E-state index contributed by atoms with van der Waals surface area (Å²) < 4.78 is 75.1. The largest absolute Gasteiger partial charge is 0.586 e. The fourth-order valence-corrected chi connectivity index (χ4v) is 4.40. The highest BCUT2D eigenvalue weighted by Gasteiger charge is 2.43. The normalized spacial score (nSPS) is 21.1. The summed E-state index contributed by atoms with van der Waals surface area (Å²) in [6.45, 7) is 0. The number of hydrogen-bond acceptors (Lipinski definition) is 5. The summed E-state index contributed by atoms with van der Waals surface area (Å²) in [5, 5.41) is 6.71. The minimum Gasteiger partial charge on any atom is -0.395 e. The zero-order valence-electron chi connectivity index (χ0n) is 18.2. The van der Waals surface area contributed by atoms with Gasteiger partial charge in [-0.05, 0) is 56.0 Å². The number of amides is 1. The van der Waals surface area contributed by atoms with E-state index in [1.807, 2.05) is 0 Å². The van der Waals surface area contributed by atoms with Gasteiger partial charge in [0.15, 0.2) is 11.5 Å². The third kappa shape index (κ3) is 4.94. The lowest BCUT2D eigenvalue weighted by Gasteiger charge is -2.30. The fraction of sp³-hybridized carbons (Fsp3) is 0.333. The Balaban J connectivity index is 1.22. The van der Waals surface area contributed by atoms with Gasteiger partial charge < -0.3 is 20.1 Å². The van der Waals surface area contributed by atoms with E-state index in [1.165, 1.54) is 18.2 Å². The molecule has 35 heavy (non-hydrogen) atoms. The zero-order valence-corrected chi connectivity index (χ0v) is 18.2. The Morgan fingerprint density at radius 1 is 0.943 bits per heavy atom. The second kappa shape index (κ2) is 8.54. The number of carbonyl (C=O) groups is 1. The van der Waals surface area contributed by atoms with Crippen LogP contribution in [0.25, 0.3) is 10.9 Å². The maximum atomic E-state index is 13.3. The number of para-hydroxylation sites is 1. The molecule has 0 bridgehead atoms. The molecule has 1 aromatic heterocycles. The van der Waals surface area contributed by atoms with Gasteiger partial charge in [0, 0.05) is 28.7 Å². The highest BCUT2D eigenvalue weighted by molar-refractivity contribution is 5.95. The van der Waals surface area contributed by atoms with Crippen LogP contribution in [0.2, 0.25) is 0 Å². The van der Waals surface area contributed by atoms with Crippen LogP contribution in [0.15, 0.2) is 48.5 Å². The van der Waals surface area contributed by atoms with Gasteiger partial charge in [0.05, 0.1) is 5.52 Å². The highest BCUT2D eigenvalue weighted by atomic mass is 19.4. The molecule has 3 aromatic rings. The average Bonchev–Trinajstić information content (AvgIpc) is 3.12. The zero-order chi connectivity index (χ0) is 24.8. The summed E-state index contributed by atoms with van der Waals surface area (Å²) in [5.41, 5.74) is -0.172. The summed E-state index contributed by atoms with van der Waals surface area (Å²) in [6, 6.07) is 11.3. The number of aromatic nitrogens is 1. The molecule has 0 radical (unpaired) electrons. The minimum atomic E-state index is -4.56. The molecular weight excluding hydrogens is 473 g/mol. The highest BCUT2D eigenvalue weighted by Crippen LogP contribution is 2.41. The Labute approximate surface area is 196 Å². The van der Waals surface area contributed by atoms with Crippen molar-refractivity contribution in [2.24, 2.45) is 0 Å². The second-order valence-electron chi connectivity index (χ2n) is 8.57. The van der Waals surface area contributed by atoms with E-state index in [9.17, 15) is 26.7 Å². The van der Waals surface area contributed by atoms with Gasteiger partial charge in [-0.2, -0.15) is 13.2 Å². The van der Waals surface area contributed by atoms with E-state index in [0.29, 0.717) is 36.8 Å². The van der Waals surface area contributed by atoms with Gasteiger partial charge in [-0.15, -0.1) is 8.78 Å². The number of pyridine rings is 1. The van der Waals surface area contributed by atoms with Crippen molar-refractivity contribution >= 4 is 22.5 Å². The molecule has 11 heteroatoms. The number of carbonyl (C=O) groups excluding carboxylic acids is 1. The van der Waals surface area contributed by atoms with Gasteiger partial charge in [-0.1, -0.05) is 18.2 Å². The monoisotopic (exact) mass is 493 g/mol. The van der Waals surface area contributed by atoms with Crippen molar-refractivity contribution in [2.45, 2.75) is 50.2 Å². The number of rotatable bonds is 4. The molecule has 1 aliphatic heterocycles. The van der Waals surface area contributed by atoms with Crippen molar-refractivity contribution in [2.75, 3.05) is 5.32 Å². The number of fused-ring (bicyclic) bond motifs is 2. The molecule has 0 spiro atoms. The molecule has 2 N–H and O–H groups in total. The lowest BCUT2D eigenvalue weighted by molar-refractivity contribution is -0.286. The molecule has 0 unspecified atom stereocenters. The molecule has 2 aliphatic rings. The van der Waals surface area contributed by atoms with Crippen LogP contribution in [-0.2, 0) is 6.18 Å². The number of hydrogen-bond donors (Lipinski definition) is 2. The van der Waals surface area contributed by atoms with Gasteiger partial charge >= 0.3 is 12.5 Å². The van der Waals surface area contributed by atoms with Crippen LogP contribution >= 0.6 is 0 Å². The Morgan fingerprint density at radius 2 is 1.63 bits per heavy atom. The molecule has 1 aliphatic carbocycles. The molecule has 184 valence electrons. The predicted octanol–water partition coefficient (Wildman–Crippen LogP) is 5.73. The number of benzene rings is 2. The molecule has 1 saturated carbocycles. The van der Waals surface area contributed by atoms with Crippen LogP contribution in [0.5, 0.6) is 11.5 Å². The lowest BCUT2D eigenvalue weighted by Crippen LogP contribution is -2.40. The molecule has 0 atom stereocenters. The van der Waals surface area contributed by atoms with Crippen molar-refractivity contribution in [1.29, 1.82) is 0 Å². The van der Waals surface area contributed by atoms with Crippen LogP contribution in [0.4, 0.5) is 27.6 Å². The van der Waals surface area contributed by atoms with Crippen LogP contribution in [0.3, 0.4) is 0 Å². The molecule has 2 heterocycles. The third-order valence-corrected chi connectivity index (χ3v) is 6.09. The number of anilines is 1. The van der Waals surface area contributed by atoms with E-state index in [0.717, 1.165) is 6.07 Å². The number of ether oxygens (including phenoxy) is 2. The molecule has 6 nitrogen and oxygen atoms in total. The third-order valence-electron chi connectivity index (χ3n) is 6.09. The van der Waals surface area contributed by atoms with Crippen LogP contribution < -0.4 is 20.1 Å². The molecule has 0 saturated heterocycles. The topological polar surface area (TPSA) is 72.5 Å². The van der Waals surface area contributed by atoms with E-state index in [1.54, 1.807) is 24.3 Å². The van der Waals surface area contributed by atoms with E-state index in [-0.39, 0.29) is 34.7 Å². The first-order valence-corrected chi connectivity index (χ1v) is 11.0. The Kier molecular flexibility index (Phi) is 5.65. The van der Waals surface area contributed by atoms with Crippen LogP contribution in [0.1, 0.15) is 41.7 Å². The first kappa shape index (κ1) is 23.1. The van der Waals surface area contributed by atoms with E-state index in [4.69, 9.17) is 0 Å². The first-order chi connectivity index (χ1) is 16.6. The smallest absolute Gasteiger partial charge is 0.395 e. The van der Waals surface area contributed by atoms with Crippen LogP contribution in [0, 0.1) is 0 Å². The summed E-state index contributed by atoms with van der Waals surface area (Å²) >= 11 is 0. The number of alkyl halides is 5. The number of halogens is 5. The van der Waals surface area contributed by atoms with E-state index in [2.05, 4.69) is 25.1 Å². The lowest BCUT2D eigenvalue weighted by atomic mass is 9.90. The van der Waals surface area contributed by atoms with Crippen molar-refractivity contribution in [3.8, 4) is 11.5 Å². The SMILES string of the molecule is O=C(NC1CCC(Nc2cc(C(F)(F)F)nc3ccccc23)CC1)c1ccc2c(c1)OC(F)(F)O2. The fourth-order valence-electron chi connectivity index (χ4n) is 4.40. The second-order valence-corrected chi connectivity index (χ2v) is 8.57. The summed E-state index contributed by atoms with van der Waals surface area (Å²) in [7, 11) is 0. The maximum Gasteiger partial charge on any atom is 0.586 e. The van der Waals surface area contributed by atoms with Crippen molar-refractivity contribution < 1.29 is 36.2 Å². The van der Waals surface area contributed by atoms with Crippen molar-refractivity contribution in [3.63, 3.8) is 0 Å². The standard InChI is InChI=1S/C24H20F5N3O3/c25-23(26,27)21-12-18(16-3-1-2-4-17(16)32-21)30-14-6-8-15(9-7-14)31-22(33)13-5-10-19-20(11-13)35-24(28,29)34-19/h1-5,10-12,14-15H,6-9H2,(H,30,32)(H,31,33). The predicted molar refractivity (Wildman–Crippen MR) is 117 cm³/mol. The Hall–Kier alpha value is -3.63. The summed E-state index contributed by atoms with van der Waals surface area (Å²) in [4.78, 5) is 16.3. The number of nitrogens with one attached hydrogen (secondary N) is 2. The minimum absolute atomic E-state index is 0.0807.